The van der Waals surface area contributed by atoms with Crippen molar-refractivity contribution in [1.82, 2.24) is 19.9 Å². The Balaban J connectivity index is 1.91. The van der Waals surface area contributed by atoms with E-state index >= 15 is 0 Å². The maximum Gasteiger partial charge on any atom is 0.160 e. The Kier molecular flexibility index (Phi) is 4.42. The molecule has 3 rings (SSSR count). The lowest BCUT2D eigenvalue weighted by Gasteiger charge is -2.25. The van der Waals surface area contributed by atoms with Gasteiger partial charge in [-0.15, -0.1) is 0 Å². The van der Waals surface area contributed by atoms with Crippen LogP contribution in [0.25, 0.3) is 11.2 Å². The summed E-state index contributed by atoms with van der Waals surface area (Å²) in [6.45, 7) is 8.70. The molecular weight excluding hydrogens is 296 g/mol. The van der Waals surface area contributed by atoms with Gasteiger partial charge in [0.25, 0.3) is 0 Å². The van der Waals surface area contributed by atoms with Crippen molar-refractivity contribution in [3.8, 4) is 0 Å². The molecule has 0 bridgehead atoms. The molecule has 2 aromatic heterocycles. The first-order chi connectivity index (χ1) is 10.4. The summed E-state index contributed by atoms with van der Waals surface area (Å²) in [5, 5.41) is 4.27. The number of halogens is 1. The molecule has 0 aromatic carbocycles. The lowest BCUT2D eigenvalue weighted by atomic mass is 9.95. The van der Waals surface area contributed by atoms with E-state index in [4.69, 9.17) is 16.6 Å². The highest BCUT2D eigenvalue weighted by Crippen LogP contribution is 2.27. The Bertz CT molecular complexity index is 650. The first-order valence-corrected chi connectivity index (χ1v) is 8.58. The van der Waals surface area contributed by atoms with Crippen LogP contribution < -0.4 is 5.32 Å². The zero-order chi connectivity index (χ0) is 15.7. The third-order valence-electron chi connectivity index (χ3n) is 4.34. The number of aryl methyl sites for hydroxylation is 1. The number of pyridine rings is 1. The van der Waals surface area contributed by atoms with Crippen molar-refractivity contribution in [2.75, 3.05) is 6.54 Å². The van der Waals surface area contributed by atoms with E-state index in [9.17, 15) is 0 Å². The number of rotatable bonds is 3. The van der Waals surface area contributed by atoms with Crippen LogP contribution in [0, 0.1) is 0 Å². The SMILES string of the molecule is CC(C)(C)c1nc2cc(Cl)cnc2n1CCC1CCCCN1. The molecule has 0 radical (unpaired) electrons. The summed E-state index contributed by atoms with van der Waals surface area (Å²) >= 11 is 6.07. The molecule has 1 unspecified atom stereocenters. The van der Waals surface area contributed by atoms with Crippen molar-refractivity contribution in [1.29, 1.82) is 0 Å². The van der Waals surface area contributed by atoms with Gasteiger partial charge in [-0.2, -0.15) is 0 Å². The quantitative estimate of drug-likeness (QED) is 0.932. The van der Waals surface area contributed by atoms with Crippen LogP contribution in [0.5, 0.6) is 0 Å². The number of hydrogen-bond acceptors (Lipinski definition) is 3. The van der Waals surface area contributed by atoms with Gasteiger partial charge < -0.3 is 9.88 Å². The summed E-state index contributed by atoms with van der Waals surface area (Å²) in [5.74, 6) is 1.09. The minimum absolute atomic E-state index is 0.00678. The highest BCUT2D eigenvalue weighted by atomic mass is 35.5. The summed E-state index contributed by atoms with van der Waals surface area (Å²) in [4.78, 5) is 9.33. The van der Waals surface area contributed by atoms with Gasteiger partial charge in [0, 0.05) is 24.2 Å². The van der Waals surface area contributed by atoms with Crippen molar-refractivity contribution >= 4 is 22.8 Å². The predicted molar refractivity (Wildman–Crippen MR) is 91.5 cm³/mol. The zero-order valence-electron chi connectivity index (χ0n) is 13.7. The molecule has 0 spiro atoms. The largest absolute Gasteiger partial charge is 0.314 e. The minimum atomic E-state index is -0.00678. The third kappa shape index (κ3) is 3.28. The monoisotopic (exact) mass is 320 g/mol. The van der Waals surface area contributed by atoms with Gasteiger partial charge in [-0.1, -0.05) is 38.8 Å². The summed E-state index contributed by atoms with van der Waals surface area (Å²) < 4.78 is 2.28. The summed E-state index contributed by atoms with van der Waals surface area (Å²) in [5.41, 5.74) is 1.84. The second kappa shape index (κ2) is 6.17. The number of aromatic nitrogens is 3. The van der Waals surface area contributed by atoms with Crippen molar-refractivity contribution in [2.45, 2.75) is 64.5 Å². The first kappa shape index (κ1) is 15.8. The standard InChI is InChI=1S/C17H25ClN4/c1-17(2,3)16-21-14-10-12(18)11-20-15(14)22(16)9-7-13-6-4-5-8-19-13/h10-11,13,19H,4-9H2,1-3H3. The Hall–Kier alpha value is -1.13. The fourth-order valence-electron chi connectivity index (χ4n) is 3.23. The summed E-state index contributed by atoms with van der Waals surface area (Å²) in [6.07, 6.45) is 6.75. The molecule has 4 nitrogen and oxygen atoms in total. The normalized spacial score (nSPS) is 19.7. The number of imidazole rings is 1. The van der Waals surface area contributed by atoms with Crippen LogP contribution >= 0.6 is 11.6 Å². The average molecular weight is 321 g/mol. The Morgan fingerprint density at radius 3 is 2.86 bits per heavy atom. The van der Waals surface area contributed by atoms with Gasteiger partial charge in [0.1, 0.15) is 11.3 Å². The number of piperidine rings is 1. The van der Waals surface area contributed by atoms with E-state index in [2.05, 4.69) is 35.6 Å². The van der Waals surface area contributed by atoms with Gasteiger partial charge in [0.15, 0.2) is 5.65 Å². The average Bonchev–Trinajstić information content (AvgIpc) is 2.84. The van der Waals surface area contributed by atoms with Gasteiger partial charge in [0.2, 0.25) is 0 Å². The lowest BCUT2D eigenvalue weighted by molar-refractivity contribution is 0.361. The predicted octanol–water partition coefficient (Wildman–Crippen LogP) is 3.91. The van der Waals surface area contributed by atoms with Gasteiger partial charge in [-0.05, 0) is 31.9 Å². The van der Waals surface area contributed by atoms with E-state index in [0.29, 0.717) is 11.1 Å². The van der Waals surface area contributed by atoms with Crippen molar-refractivity contribution in [2.24, 2.45) is 0 Å². The van der Waals surface area contributed by atoms with E-state index < -0.39 is 0 Å². The van der Waals surface area contributed by atoms with Crippen molar-refractivity contribution < 1.29 is 0 Å². The zero-order valence-corrected chi connectivity index (χ0v) is 14.5. The van der Waals surface area contributed by atoms with Crippen LogP contribution in [0.15, 0.2) is 12.3 Å². The van der Waals surface area contributed by atoms with Crippen LogP contribution in [-0.2, 0) is 12.0 Å². The molecule has 1 saturated heterocycles. The lowest BCUT2D eigenvalue weighted by Crippen LogP contribution is -2.35. The smallest absolute Gasteiger partial charge is 0.160 e. The fraction of sp³-hybridized carbons (Fsp3) is 0.647. The molecule has 0 aliphatic carbocycles. The maximum atomic E-state index is 6.07. The molecule has 1 aliphatic heterocycles. The third-order valence-corrected chi connectivity index (χ3v) is 4.54. The highest BCUT2D eigenvalue weighted by Gasteiger charge is 2.24. The molecular formula is C17H25ClN4. The van der Waals surface area contributed by atoms with Crippen LogP contribution in [0.3, 0.4) is 0 Å². The second-order valence-electron chi connectivity index (χ2n) is 7.27. The molecule has 1 aliphatic rings. The van der Waals surface area contributed by atoms with Crippen LogP contribution in [0.1, 0.15) is 52.3 Å². The Morgan fingerprint density at radius 2 is 2.18 bits per heavy atom. The molecule has 1 N–H and O–H groups in total. The molecule has 1 atom stereocenters. The first-order valence-electron chi connectivity index (χ1n) is 8.21. The molecule has 22 heavy (non-hydrogen) atoms. The number of nitrogens with one attached hydrogen (secondary N) is 1. The molecule has 2 aromatic rings. The fourth-order valence-corrected chi connectivity index (χ4v) is 3.38. The van der Waals surface area contributed by atoms with Gasteiger partial charge in [-0.25, -0.2) is 9.97 Å². The van der Waals surface area contributed by atoms with E-state index in [1.165, 1.54) is 19.3 Å². The van der Waals surface area contributed by atoms with Crippen molar-refractivity contribution in [3.63, 3.8) is 0 Å². The van der Waals surface area contributed by atoms with Crippen LogP contribution in [0.4, 0.5) is 0 Å². The molecule has 0 saturated carbocycles. The maximum absolute atomic E-state index is 6.07. The van der Waals surface area contributed by atoms with Gasteiger partial charge in [0.05, 0.1) is 5.02 Å². The van der Waals surface area contributed by atoms with Gasteiger partial charge >= 0.3 is 0 Å². The molecule has 0 amide bonds. The number of hydrogen-bond donors (Lipinski definition) is 1. The number of fused-ring (bicyclic) bond motifs is 1. The van der Waals surface area contributed by atoms with Crippen molar-refractivity contribution in [3.05, 3.63) is 23.1 Å². The molecule has 5 heteroatoms. The molecule has 120 valence electrons. The number of nitrogens with zero attached hydrogens (tertiary/aromatic N) is 3. The molecule has 1 fully saturated rings. The van der Waals surface area contributed by atoms with E-state index in [1.807, 2.05) is 6.07 Å². The highest BCUT2D eigenvalue weighted by molar-refractivity contribution is 6.31. The second-order valence-corrected chi connectivity index (χ2v) is 7.71. The van der Waals surface area contributed by atoms with E-state index in [-0.39, 0.29) is 5.41 Å². The van der Waals surface area contributed by atoms with E-state index in [0.717, 1.165) is 36.5 Å². The van der Waals surface area contributed by atoms with E-state index in [1.54, 1.807) is 6.20 Å². The topological polar surface area (TPSA) is 42.7 Å². The van der Waals surface area contributed by atoms with Crippen LogP contribution in [0.2, 0.25) is 5.02 Å². The summed E-state index contributed by atoms with van der Waals surface area (Å²) in [6, 6.07) is 2.53. The Labute approximate surface area is 137 Å². The summed E-state index contributed by atoms with van der Waals surface area (Å²) in [7, 11) is 0. The van der Waals surface area contributed by atoms with Crippen LogP contribution in [-0.4, -0.2) is 27.1 Å². The van der Waals surface area contributed by atoms with Gasteiger partial charge in [-0.3, -0.25) is 0 Å². The Morgan fingerprint density at radius 1 is 1.36 bits per heavy atom. The minimum Gasteiger partial charge on any atom is -0.314 e. The molecule has 3 heterocycles.